The van der Waals surface area contributed by atoms with Crippen molar-refractivity contribution in [2.24, 2.45) is 4.99 Å². The molecule has 5 heteroatoms. The summed E-state index contributed by atoms with van der Waals surface area (Å²) >= 11 is 0. The minimum absolute atomic E-state index is 0.208. The summed E-state index contributed by atoms with van der Waals surface area (Å²) in [6.07, 6.45) is 4.03. The first-order valence-electron chi connectivity index (χ1n) is 6.50. The van der Waals surface area contributed by atoms with Crippen LogP contribution in [-0.2, 0) is 16.0 Å². The molecule has 0 atom stereocenters. The zero-order valence-corrected chi connectivity index (χ0v) is 11.1. The second kappa shape index (κ2) is 5.75. The largest absolute Gasteiger partial charge is 0.465 e. The van der Waals surface area contributed by atoms with E-state index in [-0.39, 0.29) is 11.5 Å². The standard InChI is InChI=1S/C16H12FNO3/c17-12-4-1-3-11(9-12)6-7-15-18-14(16(19)21-15)10-13-5-2-8-20-13/h1-5,8-10H,6-7H2/b14-10+. The summed E-state index contributed by atoms with van der Waals surface area (Å²) in [6.45, 7) is 0. The van der Waals surface area contributed by atoms with Gasteiger partial charge in [0.05, 0.1) is 6.26 Å². The van der Waals surface area contributed by atoms with Crippen molar-refractivity contribution < 1.29 is 18.3 Å². The van der Waals surface area contributed by atoms with E-state index < -0.39 is 5.97 Å². The van der Waals surface area contributed by atoms with Crippen molar-refractivity contribution in [2.45, 2.75) is 12.8 Å². The van der Waals surface area contributed by atoms with Crippen LogP contribution < -0.4 is 0 Å². The van der Waals surface area contributed by atoms with Crippen molar-refractivity contribution in [3.8, 4) is 0 Å². The van der Waals surface area contributed by atoms with E-state index in [2.05, 4.69) is 4.99 Å². The van der Waals surface area contributed by atoms with Gasteiger partial charge in [0.1, 0.15) is 11.6 Å². The summed E-state index contributed by atoms with van der Waals surface area (Å²) in [5.74, 6) is 0.0936. The summed E-state index contributed by atoms with van der Waals surface area (Å²) in [7, 11) is 0. The molecule has 0 bridgehead atoms. The third kappa shape index (κ3) is 3.25. The highest BCUT2D eigenvalue weighted by atomic mass is 19.1. The molecule has 2 aromatic rings. The molecule has 0 amide bonds. The summed E-state index contributed by atoms with van der Waals surface area (Å²) in [5.41, 5.74) is 1.04. The molecule has 0 radical (unpaired) electrons. The quantitative estimate of drug-likeness (QED) is 0.639. The van der Waals surface area contributed by atoms with Crippen LogP contribution in [0.2, 0.25) is 0 Å². The fraction of sp³-hybridized carbons (Fsp3) is 0.125. The first-order chi connectivity index (χ1) is 10.2. The van der Waals surface area contributed by atoms with E-state index in [0.29, 0.717) is 24.5 Å². The van der Waals surface area contributed by atoms with Gasteiger partial charge < -0.3 is 9.15 Å². The number of aryl methyl sites for hydroxylation is 1. The number of carbonyl (C=O) groups excluding carboxylic acids is 1. The number of esters is 1. The molecule has 106 valence electrons. The number of benzene rings is 1. The smallest absolute Gasteiger partial charge is 0.363 e. The van der Waals surface area contributed by atoms with Gasteiger partial charge in [-0.2, -0.15) is 0 Å². The highest BCUT2D eigenvalue weighted by Crippen LogP contribution is 2.18. The van der Waals surface area contributed by atoms with Crippen LogP contribution in [0.25, 0.3) is 6.08 Å². The number of ether oxygens (including phenoxy) is 1. The van der Waals surface area contributed by atoms with Gasteiger partial charge in [-0.3, -0.25) is 0 Å². The van der Waals surface area contributed by atoms with Gasteiger partial charge in [-0.15, -0.1) is 0 Å². The first-order valence-corrected chi connectivity index (χ1v) is 6.50. The molecule has 0 fully saturated rings. The van der Waals surface area contributed by atoms with Gasteiger partial charge in [-0.1, -0.05) is 12.1 Å². The lowest BCUT2D eigenvalue weighted by Crippen LogP contribution is -2.05. The predicted molar refractivity (Wildman–Crippen MR) is 74.9 cm³/mol. The molecule has 3 rings (SSSR count). The lowest BCUT2D eigenvalue weighted by atomic mass is 10.1. The molecule has 0 N–H and O–H groups in total. The SMILES string of the molecule is O=C1OC(CCc2cccc(F)c2)=N/C1=C/c1ccco1. The highest BCUT2D eigenvalue weighted by Gasteiger charge is 2.22. The lowest BCUT2D eigenvalue weighted by molar-refractivity contribution is -0.130. The molecule has 0 saturated heterocycles. The van der Waals surface area contributed by atoms with Crippen LogP contribution in [0.5, 0.6) is 0 Å². The molecule has 1 aliphatic heterocycles. The van der Waals surface area contributed by atoms with Crippen molar-refractivity contribution in [1.29, 1.82) is 0 Å². The zero-order chi connectivity index (χ0) is 14.7. The number of halogens is 1. The van der Waals surface area contributed by atoms with E-state index in [1.54, 1.807) is 18.2 Å². The van der Waals surface area contributed by atoms with E-state index in [9.17, 15) is 9.18 Å². The molecule has 4 nitrogen and oxygen atoms in total. The van der Waals surface area contributed by atoms with Crippen LogP contribution in [0.4, 0.5) is 4.39 Å². The number of nitrogens with zero attached hydrogens (tertiary/aromatic N) is 1. The number of hydrogen-bond donors (Lipinski definition) is 0. The van der Waals surface area contributed by atoms with E-state index in [4.69, 9.17) is 9.15 Å². The molecule has 1 aliphatic rings. The van der Waals surface area contributed by atoms with Gasteiger partial charge >= 0.3 is 5.97 Å². The lowest BCUT2D eigenvalue weighted by Gasteiger charge is -2.00. The minimum atomic E-state index is -0.499. The van der Waals surface area contributed by atoms with Crippen LogP contribution in [0, 0.1) is 5.82 Å². The molecule has 0 unspecified atom stereocenters. The average Bonchev–Trinajstić information content (AvgIpc) is 3.08. The maximum atomic E-state index is 13.1. The third-order valence-electron chi connectivity index (χ3n) is 3.00. The number of cyclic esters (lactones) is 1. The molecule has 0 saturated carbocycles. The number of hydrogen-bond acceptors (Lipinski definition) is 4. The van der Waals surface area contributed by atoms with Gasteiger partial charge in [0, 0.05) is 12.5 Å². The second-order valence-electron chi connectivity index (χ2n) is 4.57. The maximum absolute atomic E-state index is 13.1. The third-order valence-corrected chi connectivity index (χ3v) is 3.00. The normalized spacial score (nSPS) is 16.1. The Kier molecular flexibility index (Phi) is 3.64. The number of rotatable bonds is 4. The van der Waals surface area contributed by atoms with Crippen LogP contribution in [-0.4, -0.2) is 11.9 Å². The second-order valence-corrected chi connectivity index (χ2v) is 4.57. The van der Waals surface area contributed by atoms with Crippen molar-refractivity contribution in [1.82, 2.24) is 0 Å². The fourth-order valence-corrected chi connectivity index (χ4v) is 2.01. The molecule has 1 aromatic carbocycles. The van der Waals surface area contributed by atoms with Gasteiger partial charge in [-0.05, 0) is 36.2 Å². The fourth-order valence-electron chi connectivity index (χ4n) is 2.01. The molecule has 2 heterocycles. The minimum Gasteiger partial charge on any atom is -0.465 e. The van der Waals surface area contributed by atoms with Gasteiger partial charge in [-0.25, -0.2) is 14.2 Å². The van der Waals surface area contributed by atoms with Crippen LogP contribution in [0.1, 0.15) is 17.7 Å². The van der Waals surface area contributed by atoms with E-state index in [0.717, 1.165) is 5.56 Å². The van der Waals surface area contributed by atoms with Crippen molar-refractivity contribution in [2.75, 3.05) is 0 Å². The summed E-state index contributed by atoms with van der Waals surface area (Å²) in [6, 6.07) is 9.76. The number of furan rings is 1. The Morgan fingerprint density at radius 3 is 2.86 bits per heavy atom. The molecule has 21 heavy (non-hydrogen) atoms. The monoisotopic (exact) mass is 285 g/mol. The Balaban J connectivity index is 1.68. The Bertz CT molecular complexity index is 717. The maximum Gasteiger partial charge on any atom is 0.363 e. The van der Waals surface area contributed by atoms with Crippen LogP contribution >= 0.6 is 0 Å². The summed E-state index contributed by atoms with van der Waals surface area (Å²) in [5, 5.41) is 0. The molecule has 0 aliphatic carbocycles. The average molecular weight is 285 g/mol. The van der Waals surface area contributed by atoms with E-state index >= 15 is 0 Å². The Labute approximate surface area is 120 Å². The molecule has 1 aromatic heterocycles. The van der Waals surface area contributed by atoms with Gasteiger partial charge in [0.15, 0.2) is 11.6 Å². The summed E-state index contributed by atoms with van der Waals surface area (Å²) < 4.78 is 23.3. The van der Waals surface area contributed by atoms with Crippen molar-refractivity contribution >= 4 is 17.9 Å². The predicted octanol–water partition coefficient (Wildman–Crippen LogP) is 3.35. The number of aliphatic imine (C=N–C) groups is 1. The molecular formula is C16H12FNO3. The van der Waals surface area contributed by atoms with Crippen LogP contribution in [0.15, 0.2) is 57.8 Å². The van der Waals surface area contributed by atoms with Crippen LogP contribution in [0.3, 0.4) is 0 Å². The van der Waals surface area contributed by atoms with Gasteiger partial charge in [0.2, 0.25) is 0 Å². The van der Waals surface area contributed by atoms with E-state index in [1.165, 1.54) is 24.5 Å². The number of carbonyl (C=O) groups is 1. The zero-order valence-electron chi connectivity index (χ0n) is 11.1. The molecular weight excluding hydrogens is 273 g/mol. The Morgan fingerprint density at radius 2 is 2.10 bits per heavy atom. The Hall–Kier alpha value is -2.69. The Morgan fingerprint density at radius 1 is 1.19 bits per heavy atom. The first kappa shape index (κ1) is 13.3. The van der Waals surface area contributed by atoms with Crippen molar-refractivity contribution in [3.05, 3.63) is 65.5 Å². The van der Waals surface area contributed by atoms with E-state index in [1.807, 2.05) is 6.07 Å². The molecule has 0 spiro atoms. The summed E-state index contributed by atoms with van der Waals surface area (Å²) in [4.78, 5) is 15.8. The van der Waals surface area contributed by atoms with Gasteiger partial charge in [0.25, 0.3) is 0 Å². The van der Waals surface area contributed by atoms with Crippen molar-refractivity contribution in [3.63, 3.8) is 0 Å². The topological polar surface area (TPSA) is 51.8 Å². The highest BCUT2D eigenvalue weighted by molar-refractivity contribution is 6.07.